The van der Waals surface area contributed by atoms with Gasteiger partial charge in [-0.1, -0.05) is 17.7 Å². The zero-order valence-electron chi connectivity index (χ0n) is 14.7. The van der Waals surface area contributed by atoms with Gasteiger partial charge in [-0.05, 0) is 63.3 Å². The fraction of sp³-hybridized carbons (Fsp3) is 0.526. The number of likely N-dealkylation sites (tertiary alicyclic amines) is 1. The van der Waals surface area contributed by atoms with E-state index in [-0.39, 0.29) is 17.1 Å². The molecule has 25 heavy (non-hydrogen) atoms. The first-order valence-corrected chi connectivity index (χ1v) is 8.82. The second kappa shape index (κ2) is 6.27. The molecular formula is C19H22ClF2NO2. The SMILES string of the molecule is CC(C)(C)OC(=O)N1CCC2(CC1)CC(=C(F)F)c1ccc(Cl)cc12. The lowest BCUT2D eigenvalue weighted by Crippen LogP contribution is -2.46. The number of halogens is 3. The van der Waals surface area contributed by atoms with E-state index in [1.165, 1.54) is 0 Å². The molecule has 1 aliphatic heterocycles. The van der Waals surface area contributed by atoms with E-state index in [4.69, 9.17) is 16.3 Å². The number of amides is 1. The van der Waals surface area contributed by atoms with E-state index in [1.807, 2.05) is 20.8 Å². The zero-order chi connectivity index (χ0) is 18.4. The maximum Gasteiger partial charge on any atom is 0.410 e. The third-order valence-corrected chi connectivity index (χ3v) is 5.23. The normalized spacial score (nSPS) is 19.1. The molecule has 1 fully saturated rings. The Bertz CT molecular complexity index is 727. The molecule has 3 nitrogen and oxygen atoms in total. The fourth-order valence-corrected chi connectivity index (χ4v) is 3.98. The van der Waals surface area contributed by atoms with E-state index >= 15 is 0 Å². The third-order valence-electron chi connectivity index (χ3n) is 4.99. The average Bonchev–Trinajstić information content (AvgIpc) is 2.81. The molecule has 0 saturated carbocycles. The van der Waals surface area contributed by atoms with Crippen LogP contribution in [0.4, 0.5) is 13.6 Å². The van der Waals surface area contributed by atoms with Crippen molar-refractivity contribution in [2.45, 2.75) is 51.0 Å². The molecular weight excluding hydrogens is 348 g/mol. The molecule has 136 valence electrons. The Labute approximate surface area is 151 Å². The van der Waals surface area contributed by atoms with Gasteiger partial charge < -0.3 is 9.64 Å². The molecule has 0 radical (unpaired) electrons. The number of benzene rings is 1. The van der Waals surface area contributed by atoms with Crippen LogP contribution in [-0.2, 0) is 10.2 Å². The lowest BCUT2D eigenvalue weighted by molar-refractivity contribution is 0.0168. The lowest BCUT2D eigenvalue weighted by atomic mass is 9.73. The highest BCUT2D eigenvalue weighted by Gasteiger charge is 2.45. The smallest absolute Gasteiger partial charge is 0.410 e. The third kappa shape index (κ3) is 3.52. The van der Waals surface area contributed by atoms with Crippen LogP contribution in [0.5, 0.6) is 0 Å². The molecule has 0 aromatic heterocycles. The van der Waals surface area contributed by atoms with Gasteiger partial charge in [-0.2, -0.15) is 8.78 Å². The predicted molar refractivity (Wildman–Crippen MR) is 93.9 cm³/mol. The Morgan fingerprint density at radius 3 is 2.44 bits per heavy atom. The molecule has 3 rings (SSSR count). The largest absolute Gasteiger partial charge is 0.444 e. The number of nitrogens with zero attached hydrogens (tertiary/aromatic N) is 1. The van der Waals surface area contributed by atoms with Gasteiger partial charge in [0.25, 0.3) is 6.08 Å². The van der Waals surface area contributed by atoms with Crippen LogP contribution in [0.3, 0.4) is 0 Å². The standard InChI is InChI=1S/C19H22ClF2NO2/c1-18(2,3)25-17(24)23-8-6-19(7-9-23)11-14(16(21)22)13-5-4-12(20)10-15(13)19/h4-5,10H,6-9,11H2,1-3H3. The van der Waals surface area contributed by atoms with Crippen molar-refractivity contribution in [2.75, 3.05) is 13.1 Å². The van der Waals surface area contributed by atoms with Gasteiger partial charge in [0, 0.05) is 29.1 Å². The number of rotatable bonds is 0. The average molecular weight is 370 g/mol. The molecule has 1 heterocycles. The summed E-state index contributed by atoms with van der Waals surface area (Å²) in [5.41, 5.74) is 0.656. The highest BCUT2D eigenvalue weighted by molar-refractivity contribution is 6.30. The summed E-state index contributed by atoms with van der Waals surface area (Å²) >= 11 is 6.12. The van der Waals surface area contributed by atoms with Crippen LogP contribution >= 0.6 is 11.6 Å². The molecule has 6 heteroatoms. The monoisotopic (exact) mass is 369 g/mol. The van der Waals surface area contributed by atoms with Crippen molar-refractivity contribution in [1.29, 1.82) is 0 Å². The first kappa shape index (κ1) is 18.2. The van der Waals surface area contributed by atoms with E-state index in [0.717, 1.165) is 5.56 Å². The van der Waals surface area contributed by atoms with Gasteiger partial charge in [0.1, 0.15) is 5.60 Å². The summed E-state index contributed by atoms with van der Waals surface area (Å²) in [5, 5.41) is 0.549. The number of ether oxygens (including phenoxy) is 1. The highest BCUT2D eigenvalue weighted by Crippen LogP contribution is 2.53. The van der Waals surface area contributed by atoms with Crippen molar-refractivity contribution >= 4 is 23.3 Å². The zero-order valence-corrected chi connectivity index (χ0v) is 15.4. The molecule has 0 N–H and O–H groups in total. The van der Waals surface area contributed by atoms with Gasteiger partial charge in [-0.25, -0.2) is 4.79 Å². The van der Waals surface area contributed by atoms with Crippen LogP contribution in [0, 0.1) is 0 Å². The van der Waals surface area contributed by atoms with Gasteiger partial charge in [0.2, 0.25) is 0 Å². The molecule has 2 aliphatic rings. The highest BCUT2D eigenvalue weighted by atomic mass is 35.5. The summed E-state index contributed by atoms with van der Waals surface area (Å²) in [4.78, 5) is 13.9. The summed E-state index contributed by atoms with van der Waals surface area (Å²) in [6.45, 7) is 6.45. The van der Waals surface area contributed by atoms with Crippen LogP contribution in [0.2, 0.25) is 5.02 Å². The van der Waals surface area contributed by atoms with Crippen molar-refractivity contribution < 1.29 is 18.3 Å². The first-order chi connectivity index (χ1) is 11.6. The van der Waals surface area contributed by atoms with Gasteiger partial charge in [-0.15, -0.1) is 0 Å². The van der Waals surface area contributed by atoms with Gasteiger partial charge in [0.05, 0.1) is 0 Å². The van der Waals surface area contributed by atoms with E-state index in [1.54, 1.807) is 23.1 Å². The van der Waals surface area contributed by atoms with Crippen LogP contribution < -0.4 is 0 Å². The molecule has 1 amide bonds. The number of carbonyl (C=O) groups is 1. The number of fused-ring (bicyclic) bond motifs is 2. The fourth-order valence-electron chi connectivity index (χ4n) is 3.81. The Balaban J connectivity index is 1.83. The summed E-state index contributed by atoms with van der Waals surface area (Å²) < 4.78 is 32.2. The van der Waals surface area contributed by atoms with Crippen LogP contribution in [0.1, 0.15) is 51.2 Å². The quantitative estimate of drug-likeness (QED) is 0.594. The molecule has 1 spiro atoms. The number of piperidine rings is 1. The number of hydrogen-bond donors (Lipinski definition) is 0. The Kier molecular flexibility index (Phi) is 4.56. The minimum atomic E-state index is -1.63. The molecule has 1 aliphatic carbocycles. The van der Waals surface area contributed by atoms with Crippen molar-refractivity contribution in [2.24, 2.45) is 0 Å². The molecule has 0 atom stereocenters. The van der Waals surface area contributed by atoms with E-state index in [0.29, 0.717) is 42.9 Å². The van der Waals surface area contributed by atoms with Crippen molar-refractivity contribution in [3.05, 3.63) is 40.4 Å². The topological polar surface area (TPSA) is 29.5 Å². The minimum absolute atomic E-state index is 0.109. The minimum Gasteiger partial charge on any atom is -0.444 e. The van der Waals surface area contributed by atoms with Crippen LogP contribution in [-0.4, -0.2) is 29.7 Å². The van der Waals surface area contributed by atoms with E-state index < -0.39 is 11.7 Å². The summed E-state index contributed by atoms with van der Waals surface area (Å²) in [7, 11) is 0. The van der Waals surface area contributed by atoms with Crippen molar-refractivity contribution in [3.63, 3.8) is 0 Å². The van der Waals surface area contributed by atoms with E-state index in [2.05, 4.69) is 0 Å². The Morgan fingerprint density at radius 1 is 1.24 bits per heavy atom. The molecule has 1 saturated heterocycles. The van der Waals surface area contributed by atoms with Gasteiger partial charge in [0.15, 0.2) is 0 Å². The maximum atomic E-state index is 13.4. The number of carbonyl (C=O) groups excluding carboxylic acids is 1. The van der Waals surface area contributed by atoms with Crippen molar-refractivity contribution in [1.82, 2.24) is 4.90 Å². The summed E-state index contributed by atoms with van der Waals surface area (Å²) in [6, 6.07) is 5.13. The summed E-state index contributed by atoms with van der Waals surface area (Å²) in [5.74, 6) is 0. The molecule has 0 unspecified atom stereocenters. The number of allylic oxidation sites excluding steroid dienone is 1. The summed E-state index contributed by atoms with van der Waals surface area (Å²) in [6.07, 6.45) is -0.436. The Morgan fingerprint density at radius 2 is 1.88 bits per heavy atom. The molecule has 1 aromatic carbocycles. The molecule has 1 aromatic rings. The second-order valence-corrected chi connectivity index (χ2v) is 8.29. The van der Waals surface area contributed by atoms with Crippen molar-refractivity contribution in [3.8, 4) is 0 Å². The predicted octanol–water partition coefficient (Wildman–Crippen LogP) is 5.62. The first-order valence-electron chi connectivity index (χ1n) is 8.44. The van der Waals surface area contributed by atoms with Crippen LogP contribution in [0.15, 0.2) is 24.3 Å². The molecule has 0 bridgehead atoms. The van der Waals surface area contributed by atoms with Crippen LogP contribution in [0.25, 0.3) is 5.57 Å². The van der Waals surface area contributed by atoms with Gasteiger partial charge in [-0.3, -0.25) is 0 Å². The second-order valence-electron chi connectivity index (χ2n) is 7.85. The van der Waals surface area contributed by atoms with Gasteiger partial charge >= 0.3 is 6.09 Å². The Hall–Kier alpha value is -1.62. The maximum absolute atomic E-state index is 13.4. The van der Waals surface area contributed by atoms with E-state index in [9.17, 15) is 13.6 Å². The number of hydrogen-bond acceptors (Lipinski definition) is 2. The lowest BCUT2D eigenvalue weighted by Gasteiger charge is -2.40.